The van der Waals surface area contributed by atoms with Crippen molar-refractivity contribution in [3.8, 4) is 0 Å². The molecule has 1 fully saturated rings. The Bertz CT molecular complexity index is 873. The van der Waals surface area contributed by atoms with Crippen molar-refractivity contribution in [2.75, 3.05) is 25.0 Å². The van der Waals surface area contributed by atoms with Gasteiger partial charge in [-0.25, -0.2) is 4.98 Å². The highest BCUT2D eigenvalue weighted by Crippen LogP contribution is 2.26. The number of halogens is 1. The first-order valence-electron chi connectivity index (χ1n) is 8.90. The van der Waals surface area contributed by atoms with Crippen LogP contribution in [0.25, 0.3) is 11.0 Å². The van der Waals surface area contributed by atoms with E-state index in [9.17, 15) is 4.79 Å². The zero-order valence-electron chi connectivity index (χ0n) is 14.4. The molecule has 0 saturated carbocycles. The molecule has 0 radical (unpaired) electrons. The third kappa shape index (κ3) is 3.97. The Balaban J connectivity index is 1.38. The van der Waals surface area contributed by atoms with Crippen LogP contribution in [-0.4, -0.2) is 40.4 Å². The van der Waals surface area contributed by atoms with Crippen LogP contribution < -0.4 is 5.32 Å². The van der Waals surface area contributed by atoms with Gasteiger partial charge >= 0.3 is 0 Å². The van der Waals surface area contributed by atoms with Crippen LogP contribution in [-0.2, 0) is 4.79 Å². The van der Waals surface area contributed by atoms with E-state index in [1.54, 1.807) is 0 Å². The fourth-order valence-corrected chi connectivity index (χ4v) is 3.79. The predicted octanol–water partition coefficient (Wildman–Crippen LogP) is 4.14. The van der Waals surface area contributed by atoms with Crippen molar-refractivity contribution in [2.45, 2.75) is 18.8 Å². The van der Waals surface area contributed by atoms with Gasteiger partial charge in [-0.15, -0.1) is 0 Å². The maximum Gasteiger partial charge on any atom is 0.238 e. The first-order valence-corrected chi connectivity index (χ1v) is 9.69. The highest BCUT2D eigenvalue weighted by Gasteiger charge is 2.25. The molecule has 0 unspecified atom stereocenters. The normalized spacial score (nSPS) is 18.1. The number of nitrogens with one attached hydrogen (secondary N) is 2. The van der Waals surface area contributed by atoms with Gasteiger partial charge in [0.05, 0.1) is 17.6 Å². The van der Waals surface area contributed by atoms with Gasteiger partial charge in [-0.1, -0.05) is 28.1 Å². The topological polar surface area (TPSA) is 61.0 Å². The van der Waals surface area contributed by atoms with Crippen molar-refractivity contribution < 1.29 is 4.79 Å². The van der Waals surface area contributed by atoms with Gasteiger partial charge in [0.2, 0.25) is 5.91 Å². The van der Waals surface area contributed by atoms with Gasteiger partial charge in [0.15, 0.2) is 0 Å². The first kappa shape index (κ1) is 17.2. The van der Waals surface area contributed by atoms with E-state index >= 15 is 0 Å². The number of para-hydroxylation sites is 2. The minimum atomic E-state index is 0.0255. The molecule has 1 aliphatic rings. The molecular weight excluding hydrogens is 392 g/mol. The first-order chi connectivity index (χ1) is 12.7. The van der Waals surface area contributed by atoms with Gasteiger partial charge in [0.25, 0.3) is 0 Å². The van der Waals surface area contributed by atoms with Crippen molar-refractivity contribution in [1.29, 1.82) is 0 Å². The van der Waals surface area contributed by atoms with Crippen molar-refractivity contribution in [3.05, 3.63) is 58.8 Å². The summed E-state index contributed by atoms with van der Waals surface area (Å²) in [7, 11) is 0. The van der Waals surface area contributed by atoms with E-state index in [1.807, 2.05) is 42.5 Å². The number of aromatic nitrogens is 2. The summed E-state index contributed by atoms with van der Waals surface area (Å²) in [5.74, 6) is 1.40. The number of aromatic amines is 1. The molecule has 134 valence electrons. The third-order valence-electron chi connectivity index (χ3n) is 4.80. The molecule has 2 N–H and O–H groups in total. The second-order valence-corrected chi connectivity index (χ2v) is 7.68. The van der Waals surface area contributed by atoms with E-state index in [-0.39, 0.29) is 5.91 Å². The summed E-state index contributed by atoms with van der Waals surface area (Å²) in [6.07, 6.45) is 2.18. The van der Waals surface area contributed by atoms with Gasteiger partial charge in [-0.3, -0.25) is 9.69 Å². The second kappa shape index (κ2) is 7.60. The van der Waals surface area contributed by atoms with Gasteiger partial charge in [0.1, 0.15) is 5.82 Å². The number of hydrogen-bond acceptors (Lipinski definition) is 3. The van der Waals surface area contributed by atoms with Crippen LogP contribution in [0.15, 0.2) is 53.0 Å². The van der Waals surface area contributed by atoms with Crippen molar-refractivity contribution in [3.63, 3.8) is 0 Å². The standard InChI is InChI=1S/C20H21BrN4O/c21-15-7-9-16(10-8-15)22-19(26)13-25-11-3-4-14(12-25)20-23-17-5-1-2-6-18(17)24-20/h1-2,5-10,14H,3-4,11-13H2,(H,22,26)(H,23,24)/t14-/m1/s1. The number of fused-ring (bicyclic) bond motifs is 1. The third-order valence-corrected chi connectivity index (χ3v) is 5.32. The van der Waals surface area contributed by atoms with E-state index in [0.717, 1.165) is 52.9 Å². The molecule has 1 aliphatic heterocycles. The molecule has 1 saturated heterocycles. The maximum atomic E-state index is 12.4. The minimum absolute atomic E-state index is 0.0255. The molecule has 0 aliphatic carbocycles. The van der Waals surface area contributed by atoms with Gasteiger partial charge in [-0.2, -0.15) is 0 Å². The number of anilines is 1. The molecule has 1 aromatic heterocycles. The van der Waals surface area contributed by atoms with Crippen molar-refractivity contribution in [2.24, 2.45) is 0 Å². The molecule has 2 aromatic carbocycles. The van der Waals surface area contributed by atoms with Crippen LogP contribution in [0, 0.1) is 0 Å². The largest absolute Gasteiger partial charge is 0.342 e. The smallest absolute Gasteiger partial charge is 0.238 e. The summed E-state index contributed by atoms with van der Waals surface area (Å²) < 4.78 is 1.00. The molecular formula is C20H21BrN4O. The number of nitrogens with zero attached hydrogens (tertiary/aromatic N) is 2. The molecule has 3 aromatic rings. The van der Waals surface area contributed by atoms with E-state index in [2.05, 4.69) is 37.2 Å². The number of hydrogen-bond donors (Lipinski definition) is 2. The fraction of sp³-hybridized carbons (Fsp3) is 0.300. The summed E-state index contributed by atoms with van der Waals surface area (Å²) in [6, 6.07) is 15.8. The fourth-order valence-electron chi connectivity index (χ4n) is 3.53. The zero-order valence-corrected chi connectivity index (χ0v) is 16.0. The number of H-pyrrole nitrogens is 1. The Morgan fingerprint density at radius 2 is 2.04 bits per heavy atom. The Kier molecular flexibility index (Phi) is 5.04. The lowest BCUT2D eigenvalue weighted by molar-refractivity contribution is -0.117. The Morgan fingerprint density at radius 1 is 1.23 bits per heavy atom. The molecule has 2 heterocycles. The quantitative estimate of drug-likeness (QED) is 0.676. The number of piperidine rings is 1. The van der Waals surface area contributed by atoms with Crippen molar-refractivity contribution >= 4 is 38.6 Å². The maximum absolute atomic E-state index is 12.4. The number of carbonyl (C=O) groups is 1. The van der Waals surface area contributed by atoms with Crippen LogP contribution >= 0.6 is 15.9 Å². The Morgan fingerprint density at radius 3 is 2.85 bits per heavy atom. The zero-order chi connectivity index (χ0) is 17.9. The van der Waals surface area contributed by atoms with Crippen LogP contribution in [0.2, 0.25) is 0 Å². The highest BCUT2D eigenvalue weighted by atomic mass is 79.9. The lowest BCUT2D eigenvalue weighted by Crippen LogP contribution is -2.40. The number of imidazole rings is 1. The summed E-state index contributed by atoms with van der Waals surface area (Å²) in [5.41, 5.74) is 2.91. The second-order valence-electron chi connectivity index (χ2n) is 6.77. The van der Waals surface area contributed by atoms with Crippen LogP contribution in [0.1, 0.15) is 24.6 Å². The monoisotopic (exact) mass is 412 g/mol. The van der Waals surface area contributed by atoms with E-state index in [1.165, 1.54) is 0 Å². The summed E-state index contributed by atoms with van der Waals surface area (Å²) in [4.78, 5) is 22.8. The lowest BCUT2D eigenvalue weighted by atomic mass is 9.97. The molecule has 5 nitrogen and oxygen atoms in total. The van der Waals surface area contributed by atoms with Crippen LogP contribution in [0.3, 0.4) is 0 Å². The van der Waals surface area contributed by atoms with Crippen LogP contribution in [0.4, 0.5) is 5.69 Å². The number of carbonyl (C=O) groups excluding carboxylic acids is 1. The SMILES string of the molecule is O=C(CN1CCC[C@@H](c2nc3ccccc3[nH]2)C1)Nc1ccc(Br)cc1. The number of benzene rings is 2. The highest BCUT2D eigenvalue weighted by molar-refractivity contribution is 9.10. The van der Waals surface area contributed by atoms with E-state index < -0.39 is 0 Å². The average molecular weight is 413 g/mol. The van der Waals surface area contributed by atoms with E-state index in [4.69, 9.17) is 4.98 Å². The van der Waals surface area contributed by atoms with Gasteiger partial charge < -0.3 is 10.3 Å². The molecule has 0 bridgehead atoms. The van der Waals surface area contributed by atoms with E-state index in [0.29, 0.717) is 12.5 Å². The van der Waals surface area contributed by atoms with Crippen LogP contribution in [0.5, 0.6) is 0 Å². The summed E-state index contributed by atoms with van der Waals surface area (Å²) in [5, 5.41) is 2.97. The molecule has 1 atom stereocenters. The number of amides is 1. The molecule has 1 amide bonds. The Labute approximate surface area is 160 Å². The minimum Gasteiger partial charge on any atom is -0.342 e. The number of likely N-dealkylation sites (tertiary alicyclic amines) is 1. The Hall–Kier alpha value is -2.18. The molecule has 26 heavy (non-hydrogen) atoms. The van der Waals surface area contributed by atoms with Crippen molar-refractivity contribution in [1.82, 2.24) is 14.9 Å². The molecule has 6 heteroatoms. The summed E-state index contributed by atoms with van der Waals surface area (Å²) in [6.45, 7) is 2.21. The molecule has 4 rings (SSSR count). The predicted molar refractivity (Wildman–Crippen MR) is 107 cm³/mol. The molecule has 0 spiro atoms. The average Bonchev–Trinajstić information content (AvgIpc) is 3.08. The summed E-state index contributed by atoms with van der Waals surface area (Å²) >= 11 is 3.40. The number of rotatable bonds is 4. The van der Waals surface area contributed by atoms with Gasteiger partial charge in [-0.05, 0) is 55.8 Å². The lowest BCUT2D eigenvalue weighted by Gasteiger charge is -2.31. The van der Waals surface area contributed by atoms with Gasteiger partial charge in [0, 0.05) is 22.6 Å².